The second kappa shape index (κ2) is 4.17. The lowest BCUT2D eigenvalue weighted by atomic mass is 10.0. The fraction of sp³-hybridized carbons (Fsp3) is 1.00. The van der Waals surface area contributed by atoms with Gasteiger partial charge in [-0.2, -0.15) is 13.2 Å². The van der Waals surface area contributed by atoms with Gasteiger partial charge in [-0.05, 0) is 48.8 Å². The van der Waals surface area contributed by atoms with Crippen LogP contribution in [0, 0.1) is 11.3 Å². The van der Waals surface area contributed by atoms with Gasteiger partial charge in [-0.1, -0.05) is 0 Å². The molecule has 0 bridgehead atoms. The first-order valence-corrected chi connectivity index (χ1v) is 6.42. The fourth-order valence-electron chi connectivity index (χ4n) is 2.16. The number of halogens is 3. The second-order valence-corrected chi connectivity index (χ2v) is 5.77. The van der Waals surface area contributed by atoms with Crippen molar-refractivity contribution >= 4 is 11.8 Å². The first kappa shape index (κ1) is 11.6. The minimum Gasteiger partial charge on any atom is -0.315 e. The molecule has 1 nitrogen and oxygen atoms in total. The maximum atomic E-state index is 11.8. The van der Waals surface area contributed by atoms with Gasteiger partial charge in [0.1, 0.15) is 0 Å². The Morgan fingerprint density at radius 2 is 1.93 bits per heavy atom. The molecule has 0 unspecified atom stereocenters. The number of hydrogen-bond donors (Lipinski definition) is 1. The van der Waals surface area contributed by atoms with Gasteiger partial charge in [-0.15, -0.1) is 0 Å². The molecule has 0 aromatic rings. The lowest BCUT2D eigenvalue weighted by molar-refractivity contribution is -0.0327. The molecule has 0 aromatic carbocycles. The minimum absolute atomic E-state index is 0.0661. The van der Waals surface area contributed by atoms with Crippen molar-refractivity contribution in [3.63, 3.8) is 0 Å². The number of nitrogens with one attached hydrogen (secondary N) is 1. The van der Waals surface area contributed by atoms with Gasteiger partial charge >= 0.3 is 5.51 Å². The molecule has 5 heteroatoms. The molecule has 0 aliphatic heterocycles. The van der Waals surface area contributed by atoms with Crippen molar-refractivity contribution in [3.8, 4) is 0 Å². The summed E-state index contributed by atoms with van der Waals surface area (Å²) in [5.74, 6) is 1.00. The highest BCUT2D eigenvalue weighted by atomic mass is 32.2. The Labute approximate surface area is 92.2 Å². The van der Waals surface area contributed by atoms with Crippen LogP contribution >= 0.6 is 11.8 Å². The average Bonchev–Trinajstić information content (AvgIpc) is 2.97. The van der Waals surface area contributed by atoms with Crippen molar-refractivity contribution in [2.75, 3.05) is 18.8 Å². The smallest absolute Gasteiger partial charge is 0.315 e. The van der Waals surface area contributed by atoms with E-state index in [4.69, 9.17) is 0 Å². The van der Waals surface area contributed by atoms with E-state index < -0.39 is 5.51 Å². The van der Waals surface area contributed by atoms with Gasteiger partial charge in [0.15, 0.2) is 0 Å². The molecule has 0 radical (unpaired) electrons. The maximum Gasteiger partial charge on any atom is 0.441 e. The van der Waals surface area contributed by atoms with Crippen LogP contribution in [0.2, 0.25) is 0 Å². The number of alkyl halides is 3. The Bertz CT molecular complexity index is 221. The van der Waals surface area contributed by atoms with Crippen molar-refractivity contribution in [3.05, 3.63) is 0 Å². The van der Waals surface area contributed by atoms with Crippen LogP contribution in [0.5, 0.6) is 0 Å². The zero-order chi connectivity index (χ0) is 10.9. The summed E-state index contributed by atoms with van der Waals surface area (Å²) in [6.45, 7) is 1.40. The number of rotatable bonds is 6. The molecule has 15 heavy (non-hydrogen) atoms. The highest BCUT2D eigenvalue weighted by molar-refractivity contribution is 8.00. The van der Waals surface area contributed by atoms with Crippen LogP contribution < -0.4 is 5.32 Å². The topological polar surface area (TPSA) is 12.0 Å². The van der Waals surface area contributed by atoms with Crippen LogP contribution in [-0.4, -0.2) is 24.4 Å². The fourth-order valence-corrected chi connectivity index (χ4v) is 2.64. The van der Waals surface area contributed by atoms with E-state index in [1.54, 1.807) is 0 Å². The highest BCUT2D eigenvalue weighted by Crippen LogP contribution is 2.60. The lowest BCUT2D eigenvalue weighted by Crippen LogP contribution is -2.27. The normalized spacial score (nSPS) is 24.2. The molecule has 0 amide bonds. The summed E-state index contributed by atoms with van der Waals surface area (Å²) in [6.07, 6.45) is 5.21. The van der Waals surface area contributed by atoms with Crippen LogP contribution in [0.4, 0.5) is 13.2 Å². The molecule has 0 heterocycles. The summed E-state index contributed by atoms with van der Waals surface area (Å²) < 4.78 is 35.4. The van der Waals surface area contributed by atoms with Gasteiger partial charge in [0, 0.05) is 18.8 Å². The summed E-state index contributed by atoms with van der Waals surface area (Å²) >= 11 is 0.0661. The third-order valence-electron chi connectivity index (χ3n) is 3.36. The van der Waals surface area contributed by atoms with Gasteiger partial charge in [0.2, 0.25) is 0 Å². The summed E-state index contributed by atoms with van der Waals surface area (Å²) in [4.78, 5) is 0. The summed E-state index contributed by atoms with van der Waals surface area (Å²) in [5, 5.41) is 3.16. The molecule has 88 valence electrons. The van der Waals surface area contributed by atoms with E-state index in [9.17, 15) is 13.2 Å². The third-order valence-corrected chi connectivity index (χ3v) is 4.09. The highest BCUT2D eigenvalue weighted by Gasteiger charge is 2.53. The lowest BCUT2D eigenvalue weighted by Gasteiger charge is -2.14. The van der Waals surface area contributed by atoms with Crippen molar-refractivity contribution in [2.45, 2.75) is 31.2 Å². The monoisotopic (exact) mass is 239 g/mol. The molecule has 2 aliphatic rings. The molecule has 2 aliphatic carbocycles. The molecular weight excluding hydrogens is 223 g/mol. The third kappa shape index (κ3) is 3.55. The van der Waals surface area contributed by atoms with Crippen LogP contribution in [0.15, 0.2) is 0 Å². The van der Waals surface area contributed by atoms with E-state index in [1.807, 2.05) is 0 Å². The van der Waals surface area contributed by atoms with Gasteiger partial charge in [0.25, 0.3) is 0 Å². The summed E-state index contributed by atoms with van der Waals surface area (Å²) in [5.41, 5.74) is -3.58. The van der Waals surface area contributed by atoms with E-state index in [0.29, 0.717) is 12.0 Å². The summed E-state index contributed by atoms with van der Waals surface area (Å²) in [6, 6.07) is 0. The van der Waals surface area contributed by atoms with Crippen LogP contribution in [0.3, 0.4) is 0 Å². The number of thioether (sulfide) groups is 1. The predicted molar refractivity (Wildman–Crippen MR) is 55.8 cm³/mol. The molecule has 2 saturated carbocycles. The molecular formula is C10H16F3NS. The largest absolute Gasteiger partial charge is 0.441 e. The van der Waals surface area contributed by atoms with Crippen molar-refractivity contribution in [1.82, 2.24) is 5.32 Å². The van der Waals surface area contributed by atoms with Gasteiger partial charge in [-0.3, -0.25) is 0 Å². The summed E-state index contributed by atoms with van der Waals surface area (Å²) in [7, 11) is 0. The Balaban J connectivity index is 1.52. The molecule has 2 fully saturated rings. The maximum absolute atomic E-state index is 11.8. The van der Waals surface area contributed by atoms with E-state index in [1.165, 1.54) is 25.7 Å². The first-order chi connectivity index (χ1) is 7.02. The van der Waals surface area contributed by atoms with E-state index >= 15 is 0 Å². The van der Waals surface area contributed by atoms with Gasteiger partial charge in [-0.25, -0.2) is 0 Å². The number of hydrogen-bond acceptors (Lipinski definition) is 2. The Hall–Kier alpha value is 0.1000. The Kier molecular flexibility index (Phi) is 3.22. The standard InChI is InChI=1S/C10H16F3NS/c11-10(12,13)15-6-5-14-7-9(3-4-9)8-1-2-8/h8,14H,1-7H2. The predicted octanol–water partition coefficient (Wildman–Crippen LogP) is 3.02. The minimum atomic E-state index is -4.07. The first-order valence-electron chi connectivity index (χ1n) is 5.43. The van der Waals surface area contributed by atoms with Crippen molar-refractivity contribution in [1.29, 1.82) is 0 Å². The molecule has 0 spiro atoms. The van der Waals surface area contributed by atoms with Gasteiger partial charge in [0.05, 0.1) is 0 Å². The quantitative estimate of drug-likeness (QED) is 0.715. The molecule has 0 aromatic heterocycles. The van der Waals surface area contributed by atoms with Gasteiger partial charge < -0.3 is 5.32 Å². The molecule has 2 rings (SSSR count). The van der Waals surface area contributed by atoms with Crippen molar-refractivity contribution < 1.29 is 13.2 Å². The average molecular weight is 239 g/mol. The SMILES string of the molecule is FC(F)(F)SCCNCC1(C2CC2)CC1. The molecule has 1 N–H and O–H groups in total. The molecule has 0 atom stereocenters. The van der Waals surface area contributed by atoms with E-state index in [-0.39, 0.29) is 17.5 Å². The Morgan fingerprint density at radius 3 is 2.40 bits per heavy atom. The second-order valence-electron chi connectivity index (χ2n) is 4.61. The van der Waals surface area contributed by atoms with Crippen molar-refractivity contribution in [2.24, 2.45) is 11.3 Å². The van der Waals surface area contributed by atoms with E-state index in [2.05, 4.69) is 5.32 Å². The van der Waals surface area contributed by atoms with Crippen LogP contribution in [-0.2, 0) is 0 Å². The zero-order valence-corrected chi connectivity index (χ0v) is 9.39. The van der Waals surface area contributed by atoms with Crippen LogP contribution in [0.1, 0.15) is 25.7 Å². The zero-order valence-electron chi connectivity index (χ0n) is 8.57. The van der Waals surface area contributed by atoms with Crippen LogP contribution in [0.25, 0.3) is 0 Å². The molecule has 0 saturated heterocycles. The van der Waals surface area contributed by atoms with E-state index in [0.717, 1.165) is 12.5 Å². The Morgan fingerprint density at radius 1 is 1.27 bits per heavy atom.